The van der Waals surface area contributed by atoms with Crippen molar-refractivity contribution in [3.63, 3.8) is 0 Å². The summed E-state index contributed by atoms with van der Waals surface area (Å²) in [6, 6.07) is 44.1. The third-order valence-electron chi connectivity index (χ3n) is 7.24. The monoisotopic (exact) mass is 475 g/mol. The first-order chi connectivity index (χ1) is 18.4. The van der Waals surface area contributed by atoms with Crippen LogP contribution in [0, 0.1) is 0 Å². The van der Waals surface area contributed by atoms with Crippen molar-refractivity contribution < 1.29 is 8.83 Å². The summed E-state index contributed by atoms with van der Waals surface area (Å²) in [6.45, 7) is 0. The first-order valence-electron chi connectivity index (χ1n) is 12.5. The second-order valence-electron chi connectivity index (χ2n) is 9.34. The molecule has 0 atom stereocenters. The highest BCUT2D eigenvalue weighted by Gasteiger charge is 2.23. The van der Waals surface area contributed by atoms with Crippen LogP contribution in [0.15, 0.2) is 136 Å². The van der Waals surface area contributed by atoms with Gasteiger partial charge in [-0.2, -0.15) is 0 Å². The molecule has 0 aliphatic rings. The zero-order valence-electron chi connectivity index (χ0n) is 19.9. The number of fused-ring (bicyclic) bond motifs is 8. The minimum atomic E-state index is 0.863. The number of hydrogen-bond donors (Lipinski definition) is 0. The second kappa shape index (κ2) is 7.74. The van der Waals surface area contributed by atoms with E-state index in [-0.39, 0.29) is 0 Å². The van der Waals surface area contributed by atoms with Gasteiger partial charge in [-0.3, -0.25) is 0 Å². The quantitative estimate of drug-likeness (QED) is 0.255. The first kappa shape index (κ1) is 20.2. The lowest BCUT2D eigenvalue weighted by Gasteiger charge is -2.26. The van der Waals surface area contributed by atoms with Crippen LogP contribution in [0.3, 0.4) is 0 Å². The van der Waals surface area contributed by atoms with Crippen LogP contribution in [0.4, 0.5) is 17.1 Å². The summed E-state index contributed by atoms with van der Waals surface area (Å²) in [5, 5.41) is 6.69. The predicted octanol–water partition coefficient (Wildman–Crippen LogP) is 10.1. The summed E-state index contributed by atoms with van der Waals surface area (Å²) in [4.78, 5) is 2.29. The van der Waals surface area contributed by atoms with Crippen LogP contribution in [0.5, 0.6) is 0 Å². The van der Waals surface area contributed by atoms with Gasteiger partial charge in [0.05, 0.1) is 16.8 Å². The van der Waals surface area contributed by atoms with Crippen molar-refractivity contribution in [3.05, 3.63) is 127 Å². The van der Waals surface area contributed by atoms with Gasteiger partial charge in [0.25, 0.3) is 0 Å². The molecular weight excluding hydrogens is 454 g/mol. The highest BCUT2D eigenvalue weighted by Crippen LogP contribution is 2.46. The van der Waals surface area contributed by atoms with Crippen molar-refractivity contribution in [1.82, 2.24) is 0 Å². The summed E-state index contributed by atoms with van der Waals surface area (Å²) in [5.41, 5.74) is 6.61. The molecule has 0 aliphatic heterocycles. The van der Waals surface area contributed by atoms with Gasteiger partial charge in [-0.25, -0.2) is 0 Å². The lowest BCUT2D eigenvalue weighted by molar-refractivity contribution is 0.668. The number of rotatable bonds is 3. The molecule has 0 radical (unpaired) electrons. The van der Waals surface area contributed by atoms with Crippen LogP contribution in [-0.4, -0.2) is 0 Å². The Morgan fingerprint density at radius 3 is 2.00 bits per heavy atom. The fourth-order valence-electron chi connectivity index (χ4n) is 5.61. The van der Waals surface area contributed by atoms with Crippen LogP contribution in [0.25, 0.3) is 54.6 Å². The van der Waals surface area contributed by atoms with E-state index in [0.717, 1.165) is 66.3 Å². The molecule has 0 fully saturated rings. The van der Waals surface area contributed by atoms with Gasteiger partial charge < -0.3 is 13.7 Å². The van der Waals surface area contributed by atoms with Gasteiger partial charge in [0, 0.05) is 27.2 Å². The molecule has 0 N–H and O–H groups in total. The molecule has 0 aliphatic carbocycles. The number of hydrogen-bond acceptors (Lipinski definition) is 3. The Bertz CT molecular complexity index is 2100. The largest absolute Gasteiger partial charge is 0.456 e. The molecule has 8 aromatic rings. The van der Waals surface area contributed by atoms with Gasteiger partial charge in [0.15, 0.2) is 5.58 Å². The average Bonchev–Trinajstić information content (AvgIpc) is 3.53. The van der Waals surface area contributed by atoms with Crippen LogP contribution >= 0.6 is 0 Å². The maximum Gasteiger partial charge on any atom is 0.159 e. The van der Waals surface area contributed by atoms with Crippen LogP contribution in [0.1, 0.15) is 0 Å². The lowest BCUT2D eigenvalue weighted by atomic mass is 10.0. The van der Waals surface area contributed by atoms with E-state index in [2.05, 4.69) is 108 Å². The number of nitrogens with zero attached hydrogens (tertiary/aromatic N) is 1. The van der Waals surface area contributed by atoms with Gasteiger partial charge in [0.1, 0.15) is 16.7 Å². The Balaban J connectivity index is 1.49. The van der Waals surface area contributed by atoms with Gasteiger partial charge in [-0.1, -0.05) is 84.9 Å². The van der Waals surface area contributed by atoms with Crippen molar-refractivity contribution in [2.45, 2.75) is 0 Å². The fourth-order valence-corrected chi connectivity index (χ4v) is 5.61. The van der Waals surface area contributed by atoms with Crippen molar-refractivity contribution in [2.24, 2.45) is 0 Å². The van der Waals surface area contributed by atoms with Crippen molar-refractivity contribution in [2.75, 3.05) is 4.90 Å². The molecule has 0 amide bonds. The van der Waals surface area contributed by atoms with Gasteiger partial charge >= 0.3 is 0 Å². The maximum absolute atomic E-state index is 6.74. The topological polar surface area (TPSA) is 29.5 Å². The Kier molecular flexibility index (Phi) is 4.23. The number of benzene rings is 6. The average molecular weight is 476 g/mol. The normalized spacial score (nSPS) is 11.8. The summed E-state index contributed by atoms with van der Waals surface area (Å²) in [6.07, 6.45) is 0. The molecule has 3 heteroatoms. The highest BCUT2D eigenvalue weighted by atomic mass is 16.3. The lowest BCUT2D eigenvalue weighted by Crippen LogP contribution is -2.10. The molecule has 8 rings (SSSR count). The third kappa shape index (κ3) is 2.95. The van der Waals surface area contributed by atoms with Gasteiger partial charge in [-0.15, -0.1) is 0 Å². The number of para-hydroxylation sites is 3. The smallest absolute Gasteiger partial charge is 0.159 e. The molecule has 0 saturated heterocycles. The molecule has 3 nitrogen and oxygen atoms in total. The van der Waals surface area contributed by atoms with Crippen LogP contribution in [-0.2, 0) is 0 Å². The zero-order chi connectivity index (χ0) is 24.3. The fraction of sp³-hybridized carbons (Fsp3) is 0. The molecule has 6 aromatic carbocycles. The first-order valence-corrected chi connectivity index (χ1v) is 12.5. The van der Waals surface area contributed by atoms with E-state index in [4.69, 9.17) is 8.83 Å². The molecular formula is C34H21NO2. The summed E-state index contributed by atoms with van der Waals surface area (Å²) >= 11 is 0. The van der Waals surface area contributed by atoms with E-state index in [1.54, 1.807) is 0 Å². The Labute approximate surface area is 212 Å². The van der Waals surface area contributed by atoms with Gasteiger partial charge in [0.2, 0.25) is 0 Å². The van der Waals surface area contributed by atoms with Crippen LogP contribution in [0.2, 0.25) is 0 Å². The summed E-state index contributed by atoms with van der Waals surface area (Å²) < 4.78 is 13.0. The van der Waals surface area contributed by atoms with E-state index in [1.165, 1.54) is 5.39 Å². The molecule has 0 bridgehead atoms. The molecule has 174 valence electrons. The Hall–Kier alpha value is -5.02. The van der Waals surface area contributed by atoms with E-state index in [0.29, 0.717) is 0 Å². The van der Waals surface area contributed by atoms with Crippen molar-refractivity contribution in [3.8, 4) is 0 Å². The molecule has 37 heavy (non-hydrogen) atoms. The van der Waals surface area contributed by atoms with Crippen molar-refractivity contribution >= 4 is 71.7 Å². The van der Waals surface area contributed by atoms with E-state index >= 15 is 0 Å². The van der Waals surface area contributed by atoms with E-state index in [9.17, 15) is 0 Å². The summed E-state index contributed by atoms with van der Waals surface area (Å²) in [7, 11) is 0. The number of furan rings is 2. The van der Waals surface area contributed by atoms with E-state index < -0.39 is 0 Å². The predicted molar refractivity (Wildman–Crippen MR) is 153 cm³/mol. The van der Waals surface area contributed by atoms with Gasteiger partial charge in [-0.05, 0) is 47.9 Å². The van der Waals surface area contributed by atoms with Crippen molar-refractivity contribution in [1.29, 1.82) is 0 Å². The third-order valence-corrected chi connectivity index (χ3v) is 7.24. The zero-order valence-corrected chi connectivity index (χ0v) is 19.9. The maximum atomic E-state index is 6.74. The standard InChI is InChI=1S/C34H21NO2/c1-2-11-23(12-3-1)35(28-16-9-19-31-32(28)27-14-6-7-18-30(27)36-31)29-17-8-15-25-26-21-20-22-10-4-5-13-24(22)33(26)37-34(25)29/h1-21H. The minimum Gasteiger partial charge on any atom is -0.456 e. The Morgan fingerprint density at radius 2 is 1.08 bits per heavy atom. The second-order valence-corrected chi connectivity index (χ2v) is 9.34. The van der Waals surface area contributed by atoms with E-state index in [1.807, 2.05) is 24.3 Å². The molecule has 2 heterocycles. The Morgan fingerprint density at radius 1 is 0.405 bits per heavy atom. The molecule has 0 spiro atoms. The highest BCUT2D eigenvalue weighted by molar-refractivity contribution is 6.19. The number of anilines is 3. The molecule has 0 unspecified atom stereocenters. The molecule has 2 aromatic heterocycles. The minimum absolute atomic E-state index is 0.863. The SMILES string of the molecule is c1ccc(N(c2cccc3c2oc2c4ccccc4ccc32)c2cccc3oc4ccccc4c23)cc1. The summed E-state index contributed by atoms with van der Waals surface area (Å²) in [5.74, 6) is 0. The molecule has 0 saturated carbocycles. The van der Waals surface area contributed by atoms with Crippen LogP contribution < -0.4 is 4.90 Å².